The maximum Gasteiger partial charge on any atom is 0.269 e. The molecule has 22 heavy (non-hydrogen) atoms. The van der Waals surface area contributed by atoms with Gasteiger partial charge in [0.1, 0.15) is 0 Å². The molecule has 0 fully saturated rings. The third kappa shape index (κ3) is 2.63. The van der Waals surface area contributed by atoms with Gasteiger partial charge in [-0.2, -0.15) is 0 Å². The molecule has 112 valence electrons. The van der Waals surface area contributed by atoms with Crippen LogP contribution in [0.2, 0.25) is 5.02 Å². The average molecular weight is 334 g/mol. The number of nitro benzene ring substituents is 1. The fraction of sp³-hybridized carbons (Fsp3) is 0.133. The molecule has 0 bridgehead atoms. The standard InChI is InChI=1S/C15H12ClN3O2S/c1-8-3-5-11(16)14-13(8)18-15(22-14)17-12-6-4-10(19(20)21)7-9(12)2/h3-7H,1-2H3,(H,17,18). The quantitative estimate of drug-likeness (QED) is 0.527. The van der Waals surface area contributed by atoms with Crippen LogP contribution in [0, 0.1) is 24.0 Å². The van der Waals surface area contributed by atoms with Crippen molar-refractivity contribution in [3.8, 4) is 0 Å². The maximum absolute atomic E-state index is 10.8. The van der Waals surface area contributed by atoms with Crippen LogP contribution >= 0.6 is 22.9 Å². The summed E-state index contributed by atoms with van der Waals surface area (Å²) < 4.78 is 0.934. The number of halogens is 1. The van der Waals surface area contributed by atoms with Gasteiger partial charge in [0.25, 0.3) is 5.69 Å². The Bertz CT molecular complexity index is 853. The van der Waals surface area contributed by atoms with Crippen LogP contribution in [0.1, 0.15) is 11.1 Å². The molecular formula is C15H12ClN3O2S. The monoisotopic (exact) mass is 333 g/mol. The third-order valence-electron chi connectivity index (χ3n) is 3.36. The minimum Gasteiger partial charge on any atom is -0.331 e. The van der Waals surface area contributed by atoms with Crippen LogP contribution in [-0.4, -0.2) is 9.91 Å². The predicted octanol–water partition coefficient (Wildman–Crippen LogP) is 5.22. The molecule has 0 amide bonds. The molecule has 3 aromatic rings. The summed E-state index contributed by atoms with van der Waals surface area (Å²) in [4.78, 5) is 14.9. The summed E-state index contributed by atoms with van der Waals surface area (Å²) in [7, 11) is 0. The van der Waals surface area contributed by atoms with E-state index in [4.69, 9.17) is 11.6 Å². The van der Waals surface area contributed by atoms with Gasteiger partial charge in [-0.3, -0.25) is 10.1 Å². The Morgan fingerprint density at radius 1 is 1.23 bits per heavy atom. The van der Waals surface area contributed by atoms with Gasteiger partial charge in [-0.1, -0.05) is 29.0 Å². The van der Waals surface area contributed by atoms with E-state index in [1.807, 2.05) is 26.0 Å². The third-order valence-corrected chi connectivity index (χ3v) is 4.79. The van der Waals surface area contributed by atoms with E-state index in [2.05, 4.69) is 10.3 Å². The number of fused-ring (bicyclic) bond motifs is 1. The maximum atomic E-state index is 10.8. The fourth-order valence-electron chi connectivity index (χ4n) is 2.17. The summed E-state index contributed by atoms with van der Waals surface area (Å²) in [6.45, 7) is 3.81. The van der Waals surface area contributed by atoms with Crippen LogP contribution in [0.5, 0.6) is 0 Å². The smallest absolute Gasteiger partial charge is 0.269 e. The number of thiazole rings is 1. The van der Waals surface area contributed by atoms with E-state index in [9.17, 15) is 10.1 Å². The summed E-state index contributed by atoms with van der Waals surface area (Å²) in [6.07, 6.45) is 0. The molecule has 1 aromatic heterocycles. The second kappa shape index (κ2) is 5.55. The molecule has 3 rings (SSSR count). The highest BCUT2D eigenvalue weighted by Gasteiger charge is 2.12. The minimum atomic E-state index is -0.405. The SMILES string of the molecule is Cc1cc([N+](=O)[O-])ccc1Nc1nc2c(C)ccc(Cl)c2s1. The second-order valence-corrected chi connectivity index (χ2v) is 6.35. The molecular weight excluding hydrogens is 322 g/mol. The second-order valence-electron chi connectivity index (χ2n) is 4.94. The molecule has 0 atom stereocenters. The number of hydrogen-bond donors (Lipinski definition) is 1. The van der Waals surface area contributed by atoms with Crippen LogP contribution in [0.25, 0.3) is 10.2 Å². The minimum absolute atomic E-state index is 0.0752. The zero-order chi connectivity index (χ0) is 15.9. The first-order valence-electron chi connectivity index (χ1n) is 6.53. The van der Waals surface area contributed by atoms with Crippen molar-refractivity contribution < 1.29 is 4.92 Å². The van der Waals surface area contributed by atoms with E-state index in [0.717, 1.165) is 27.0 Å². The Kier molecular flexibility index (Phi) is 3.72. The van der Waals surface area contributed by atoms with Gasteiger partial charge in [0.05, 0.1) is 20.2 Å². The first kappa shape index (κ1) is 14.7. The molecule has 0 aliphatic heterocycles. The molecule has 0 saturated carbocycles. The zero-order valence-corrected chi connectivity index (χ0v) is 13.5. The highest BCUT2D eigenvalue weighted by molar-refractivity contribution is 7.22. The van der Waals surface area contributed by atoms with Gasteiger partial charge < -0.3 is 5.32 Å². The largest absolute Gasteiger partial charge is 0.331 e. The molecule has 0 radical (unpaired) electrons. The van der Waals surface area contributed by atoms with Crippen LogP contribution in [-0.2, 0) is 0 Å². The van der Waals surface area contributed by atoms with Crippen molar-refractivity contribution in [2.45, 2.75) is 13.8 Å². The lowest BCUT2D eigenvalue weighted by Crippen LogP contribution is -1.94. The number of rotatable bonds is 3. The molecule has 1 N–H and O–H groups in total. The summed E-state index contributed by atoms with van der Waals surface area (Å²) >= 11 is 7.66. The number of anilines is 2. The van der Waals surface area contributed by atoms with E-state index in [0.29, 0.717) is 10.2 Å². The van der Waals surface area contributed by atoms with E-state index in [-0.39, 0.29) is 5.69 Å². The van der Waals surface area contributed by atoms with Crippen molar-refractivity contribution in [2.24, 2.45) is 0 Å². The Balaban J connectivity index is 1.98. The highest BCUT2D eigenvalue weighted by Crippen LogP contribution is 2.35. The van der Waals surface area contributed by atoms with Crippen molar-refractivity contribution >= 4 is 49.7 Å². The molecule has 0 unspecified atom stereocenters. The van der Waals surface area contributed by atoms with E-state index >= 15 is 0 Å². The van der Waals surface area contributed by atoms with Gasteiger partial charge in [0.2, 0.25) is 0 Å². The number of nitrogens with zero attached hydrogens (tertiary/aromatic N) is 2. The lowest BCUT2D eigenvalue weighted by atomic mass is 10.2. The van der Waals surface area contributed by atoms with Crippen molar-refractivity contribution in [3.63, 3.8) is 0 Å². The topological polar surface area (TPSA) is 68.1 Å². The van der Waals surface area contributed by atoms with Crippen molar-refractivity contribution in [1.82, 2.24) is 4.98 Å². The van der Waals surface area contributed by atoms with Gasteiger partial charge in [0, 0.05) is 17.8 Å². The zero-order valence-electron chi connectivity index (χ0n) is 11.9. The van der Waals surface area contributed by atoms with Gasteiger partial charge in [-0.25, -0.2) is 4.98 Å². The molecule has 5 nitrogen and oxygen atoms in total. The summed E-state index contributed by atoms with van der Waals surface area (Å²) in [6, 6.07) is 8.49. The van der Waals surface area contributed by atoms with Gasteiger partial charge in [-0.15, -0.1) is 0 Å². The van der Waals surface area contributed by atoms with E-state index in [1.54, 1.807) is 6.07 Å². The number of hydrogen-bond acceptors (Lipinski definition) is 5. The Hall–Kier alpha value is -2.18. The highest BCUT2D eigenvalue weighted by atomic mass is 35.5. The van der Waals surface area contributed by atoms with Crippen LogP contribution in [0.4, 0.5) is 16.5 Å². The van der Waals surface area contributed by atoms with Gasteiger partial charge >= 0.3 is 0 Å². The Morgan fingerprint density at radius 3 is 2.64 bits per heavy atom. The average Bonchev–Trinajstić information content (AvgIpc) is 2.90. The van der Waals surface area contributed by atoms with Crippen molar-refractivity contribution in [1.29, 1.82) is 0 Å². The Morgan fingerprint density at radius 2 is 2.00 bits per heavy atom. The normalized spacial score (nSPS) is 10.9. The molecule has 0 aliphatic carbocycles. The number of nitro groups is 1. The summed E-state index contributed by atoms with van der Waals surface area (Å²) in [5, 5.41) is 15.4. The van der Waals surface area contributed by atoms with Crippen LogP contribution < -0.4 is 5.32 Å². The number of nitrogens with one attached hydrogen (secondary N) is 1. The predicted molar refractivity (Wildman–Crippen MR) is 90.5 cm³/mol. The first-order chi connectivity index (χ1) is 10.5. The van der Waals surface area contributed by atoms with Gasteiger partial charge in [-0.05, 0) is 37.1 Å². The summed E-state index contributed by atoms with van der Waals surface area (Å²) in [5.74, 6) is 0. The molecule has 2 aromatic carbocycles. The Labute approximate surface area is 135 Å². The van der Waals surface area contributed by atoms with Crippen molar-refractivity contribution in [2.75, 3.05) is 5.32 Å². The first-order valence-corrected chi connectivity index (χ1v) is 7.73. The lowest BCUT2D eigenvalue weighted by Gasteiger charge is -2.05. The van der Waals surface area contributed by atoms with Gasteiger partial charge in [0.15, 0.2) is 5.13 Å². The number of aryl methyl sites for hydroxylation is 2. The summed E-state index contributed by atoms with van der Waals surface area (Å²) in [5.41, 5.74) is 3.59. The molecule has 1 heterocycles. The molecule has 0 aliphatic rings. The molecule has 0 saturated heterocycles. The fourth-order valence-corrected chi connectivity index (χ4v) is 3.40. The van der Waals surface area contributed by atoms with E-state index < -0.39 is 4.92 Å². The number of non-ortho nitro benzene ring substituents is 1. The number of benzene rings is 2. The molecule has 0 spiro atoms. The van der Waals surface area contributed by atoms with Crippen molar-refractivity contribution in [3.05, 3.63) is 56.6 Å². The van der Waals surface area contributed by atoms with Crippen LogP contribution in [0.3, 0.4) is 0 Å². The molecule has 7 heteroatoms. The lowest BCUT2D eigenvalue weighted by molar-refractivity contribution is -0.384. The van der Waals surface area contributed by atoms with E-state index in [1.165, 1.54) is 23.5 Å². The van der Waals surface area contributed by atoms with Crippen LogP contribution in [0.15, 0.2) is 30.3 Å². The number of aromatic nitrogens is 1.